The summed E-state index contributed by atoms with van der Waals surface area (Å²) in [4.78, 5) is 32.0. The second-order valence-corrected chi connectivity index (χ2v) is 10.3. The molecule has 1 aliphatic heterocycles. The van der Waals surface area contributed by atoms with Crippen molar-refractivity contribution in [2.24, 2.45) is 4.99 Å². The van der Waals surface area contributed by atoms with Gasteiger partial charge in [0.2, 0.25) is 0 Å². The van der Waals surface area contributed by atoms with Crippen LogP contribution in [0.1, 0.15) is 36.6 Å². The third-order valence-corrected chi connectivity index (χ3v) is 7.45. The van der Waals surface area contributed by atoms with Crippen molar-refractivity contribution in [3.05, 3.63) is 127 Å². The quantitative estimate of drug-likeness (QED) is 0.224. The summed E-state index contributed by atoms with van der Waals surface area (Å²) in [5.74, 6) is 0.955. The standard InChI is InChI=1S/C32H30N2O5S/c1-4-37-31(36)28-22(3)33-32-34(29(28)23-10-6-5-7-11-23)30(35)27(40-32)20-24-12-8-9-13-26(24)39-19-18-38-25-16-14-21(2)15-17-25/h5-17,20,29H,4,18-19H2,1-3H3/b27-20-/t29-/m0/s1. The van der Waals surface area contributed by atoms with E-state index in [1.165, 1.54) is 16.9 Å². The smallest absolute Gasteiger partial charge is 0.338 e. The summed E-state index contributed by atoms with van der Waals surface area (Å²) in [6, 6.07) is 24.3. The minimum Gasteiger partial charge on any atom is -0.490 e. The number of allylic oxidation sites excluding steroid dienone is 1. The van der Waals surface area contributed by atoms with Crippen molar-refractivity contribution in [1.29, 1.82) is 0 Å². The second-order valence-electron chi connectivity index (χ2n) is 9.26. The van der Waals surface area contributed by atoms with Crippen molar-refractivity contribution in [3.8, 4) is 11.5 Å². The molecule has 0 saturated carbocycles. The van der Waals surface area contributed by atoms with Crippen LogP contribution < -0.4 is 24.4 Å². The van der Waals surface area contributed by atoms with Crippen LogP contribution in [0, 0.1) is 6.92 Å². The number of aromatic nitrogens is 1. The van der Waals surface area contributed by atoms with Crippen LogP contribution in [-0.2, 0) is 9.53 Å². The fourth-order valence-electron chi connectivity index (χ4n) is 4.56. The fraction of sp³-hybridized carbons (Fsp3) is 0.219. The zero-order chi connectivity index (χ0) is 28.1. The van der Waals surface area contributed by atoms with E-state index in [2.05, 4.69) is 4.99 Å². The molecule has 40 heavy (non-hydrogen) atoms. The Bertz CT molecular complexity index is 1720. The Kier molecular flexibility index (Phi) is 8.26. The lowest BCUT2D eigenvalue weighted by molar-refractivity contribution is -0.139. The molecule has 5 rings (SSSR count). The number of carbonyl (C=O) groups excluding carboxylic acids is 1. The highest BCUT2D eigenvalue weighted by atomic mass is 32.1. The molecule has 4 aromatic rings. The van der Waals surface area contributed by atoms with Crippen molar-refractivity contribution in [2.45, 2.75) is 26.8 Å². The van der Waals surface area contributed by atoms with Gasteiger partial charge >= 0.3 is 5.97 Å². The minimum atomic E-state index is -0.635. The Morgan fingerprint density at radius 2 is 1.65 bits per heavy atom. The predicted molar refractivity (Wildman–Crippen MR) is 155 cm³/mol. The lowest BCUT2D eigenvalue weighted by Gasteiger charge is -2.24. The third kappa shape index (κ3) is 5.77. The molecule has 0 bridgehead atoms. The molecule has 8 heteroatoms. The molecule has 7 nitrogen and oxygen atoms in total. The first-order valence-corrected chi connectivity index (χ1v) is 13.9. The van der Waals surface area contributed by atoms with Crippen LogP contribution in [0.2, 0.25) is 0 Å². The largest absolute Gasteiger partial charge is 0.490 e. The Morgan fingerprint density at radius 3 is 2.40 bits per heavy atom. The molecule has 0 N–H and O–H groups in total. The number of nitrogens with zero attached hydrogens (tertiary/aromatic N) is 2. The average molecular weight is 555 g/mol. The SMILES string of the molecule is CCOC(=O)C1=C(C)N=c2s/c(=C\c3ccccc3OCCOc3ccc(C)cc3)c(=O)n2[C@H]1c1ccccc1. The molecule has 0 spiro atoms. The minimum absolute atomic E-state index is 0.231. The Hall–Kier alpha value is -4.43. The highest BCUT2D eigenvalue weighted by Gasteiger charge is 2.33. The van der Waals surface area contributed by atoms with E-state index in [1.54, 1.807) is 18.4 Å². The first-order valence-electron chi connectivity index (χ1n) is 13.1. The number of aryl methyl sites for hydroxylation is 1. The van der Waals surface area contributed by atoms with Gasteiger partial charge in [0.15, 0.2) is 4.80 Å². The highest BCUT2D eigenvalue weighted by Crippen LogP contribution is 2.30. The van der Waals surface area contributed by atoms with Crippen LogP contribution in [0.3, 0.4) is 0 Å². The van der Waals surface area contributed by atoms with E-state index >= 15 is 0 Å². The van der Waals surface area contributed by atoms with E-state index in [0.29, 0.717) is 39.6 Å². The maximum Gasteiger partial charge on any atom is 0.338 e. The summed E-state index contributed by atoms with van der Waals surface area (Å²) in [5.41, 5.74) is 3.42. The first-order chi connectivity index (χ1) is 19.5. The lowest BCUT2D eigenvalue weighted by Crippen LogP contribution is -2.39. The monoisotopic (exact) mass is 554 g/mol. The van der Waals surface area contributed by atoms with Crippen molar-refractivity contribution >= 4 is 23.4 Å². The van der Waals surface area contributed by atoms with Gasteiger partial charge in [-0.2, -0.15) is 0 Å². The van der Waals surface area contributed by atoms with E-state index < -0.39 is 12.0 Å². The van der Waals surface area contributed by atoms with Gasteiger partial charge < -0.3 is 14.2 Å². The van der Waals surface area contributed by atoms with Crippen LogP contribution in [0.4, 0.5) is 0 Å². The Balaban J connectivity index is 1.47. The zero-order valence-electron chi connectivity index (χ0n) is 22.6. The fourth-order valence-corrected chi connectivity index (χ4v) is 5.60. The summed E-state index contributed by atoms with van der Waals surface area (Å²) >= 11 is 1.28. The predicted octanol–water partition coefficient (Wildman–Crippen LogP) is 4.56. The van der Waals surface area contributed by atoms with E-state index in [0.717, 1.165) is 16.9 Å². The number of carbonyl (C=O) groups is 1. The van der Waals surface area contributed by atoms with Crippen LogP contribution in [0.25, 0.3) is 6.08 Å². The number of rotatable bonds is 9. The van der Waals surface area contributed by atoms with E-state index in [-0.39, 0.29) is 12.2 Å². The number of ether oxygens (including phenoxy) is 3. The van der Waals surface area contributed by atoms with Crippen molar-refractivity contribution in [3.63, 3.8) is 0 Å². The topological polar surface area (TPSA) is 79.1 Å². The molecule has 1 aliphatic rings. The van der Waals surface area contributed by atoms with Gasteiger partial charge in [-0.05, 0) is 50.6 Å². The summed E-state index contributed by atoms with van der Waals surface area (Å²) < 4.78 is 19.2. The van der Waals surface area contributed by atoms with E-state index in [1.807, 2.05) is 91.9 Å². The summed E-state index contributed by atoms with van der Waals surface area (Å²) in [6.07, 6.45) is 1.81. The van der Waals surface area contributed by atoms with Crippen molar-refractivity contribution in [2.75, 3.05) is 19.8 Å². The van der Waals surface area contributed by atoms with Gasteiger partial charge in [0.25, 0.3) is 5.56 Å². The number of esters is 1. The molecular weight excluding hydrogens is 524 g/mol. The second kappa shape index (κ2) is 12.2. The molecular formula is C32H30N2O5S. The molecule has 0 amide bonds. The highest BCUT2D eigenvalue weighted by molar-refractivity contribution is 7.07. The number of benzene rings is 3. The number of thiazole rings is 1. The van der Waals surface area contributed by atoms with Crippen LogP contribution >= 0.6 is 11.3 Å². The van der Waals surface area contributed by atoms with Crippen LogP contribution in [0.5, 0.6) is 11.5 Å². The molecule has 0 unspecified atom stereocenters. The molecule has 0 radical (unpaired) electrons. The molecule has 1 aromatic heterocycles. The number of para-hydroxylation sites is 1. The summed E-state index contributed by atoms with van der Waals surface area (Å²) in [5, 5.41) is 0. The van der Waals surface area contributed by atoms with Gasteiger partial charge in [-0.25, -0.2) is 9.79 Å². The van der Waals surface area contributed by atoms with Crippen LogP contribution in [0.15, 0.2) is 99.9 Å². The van der Waals surface area contributed by atoms with Crippen LogP contribution in [-0.4, -0.2) is 30.4 Å². The van der Waals surface area contributed by atoms with Gasteiger partial charge in [0.05, 0.1) is 28.5 Å². The molecule has 204 valence electrons. The van der Waals surface area contributed by atoms with Crippen molar-refractivity contribution < 1.29 is 19.0 Å². The lowest BCUT2D eigenvalue weighted by atomic mass is 9.96. The summed E-state index contributed by atoms with van der Waals surface area (Å²) in [6.45, 7) is 6.52. The Morgan fingerprint density at radius 1 is 0.950 bits per heavy atom. The van der Waals surface area contributed by atoms with Gasteiger partial charge in [0.1, 0.15) is 24.7 Å². The van der Waals surface area contributed by atoms with E-state index in [4.69, 9.17) is 14.2 Å². The van der Waals surface area contributed by atoms with Gasteiger partial charge in [-0.1, -0.05) is 77.6 Å². The maximum absolute atomic E-state index is 13.8. The number of hydrogen-bond donors (Lipinski definition) is 0. The molecule has 2 heterocycles. The molecule has 1 atom stereocenters. The number of hydrogen-bond acceptors (Lipinski definition) is 7. The van der Waals surface area contributed by atoms with Gasteiger partial charge in [-0.3, -0.25) is 9.36 Å². The summed E-state index contributed by atoms with van der Waals surface area (Å²) in [7, 11) is 0. The van der Waals surface area contributed by atoms with Gasteiger partial charge in [0, 0.05) is 5.56 Å². The zero-order valence-corrected chi connectivity index (χ0v) is 23.4. The molecule has 3 aromatic carbocycles. The average Bonchev–Trinajstić information content (AvgIpc) is 3.26. The Labute approximate surface area is 236 Å². The normalized spacial score (nSPS) is 14.9. The third-order valence-electron chi connectivity index (χ3n) is 6.47. The maximum atomic E-state index is 13.8. The van der Waals surface area contributed by atoms with E-state index in [9.17, 15) is 9.59 Å². The van der Waals surface area contributed by atoms with Gasteiger partial charge in [-0.15, -0.1) is 0 Å². The molecule has 0 saturated heterocycles. The molecule has 0 aliphatic carbocycles. The molecule has 0 fully saturated rings. The first kappa shape index (κ1) is 27.1. The number of fused-ring (bicyclic) bond motifs is 1. The van der Waals surface area contributed by atoms with Crippen molar-refractivity contribution in [1.82, 2.24) is 4.57 Å².